The number of fused-ring (bicyclic) bond motifs is 1. The Morgan fingerprint density at radius 2 is 2.28 bits per heavy atom. The van der Waals surface area contributed by atoms with Crippen molar-refractivity contribution in [1.29, 1.82) is 0 Å². The molecule has 0 saturated carbocycles. The second kappa shape index (κ2) is 6.21. The van der Waals surface area contributed by atoms with Gasteiger partial charge in [-0.25, -0.2) is 4.98 Å². The lowest BCUT2D eigenvalue weighted by atomic mass is 10.1. The highest BCUT2D eigenvalue weighted by Crippen LogP contribution is 2.28. The van der Waals surface area contributed by atoms with Crippen LogP contribution in [0.25, 0.3) is 11.3 Å². The number of aromatic amines is 1. The van der Waals surface area contributed by atoms with Crippen LogP contribution in [-0.4, -0.2) is 39.6 Å². The number of nitrogens with two attached hydrogens (primary N) is 1. The van der Waals surface area contributed by atoms with E-state index >= 15 is 0 Å². The Hall–Kier alpha value is -2.87. The maximum absolute atomic E-state index is 12.8. The molecule has 128 valence electrons. The molecule has 1 aromatic carbocycles. The molecule has 0 unspecified atom stereocenters. The molecular formula is C17H17N5O2S. The second-order valence-corrected chi connectivity index (χ2v) is 6.91. The van der Waals surface area contributed by atoms with Gasteiger partial charge in [-0.1, -0.05) is 12.1 Å². The minimum Gasteiger partial charge on any atom is -0.497 e. The van der Waals surface area contributed by atoms with Crippen LogP contribution in [0.4, 0.5) is 5.13 Å². The zero-order valence-corrected chi connectivity index (χ0v) is 14.5. The number of carbonyl (C=O) groups is 1. The van der Waals surface area contributed by atoms with Crippen LogP contribution in [0.15, 0.2) is 30.3 Å². The van der Waals surface area contributed by atoms with Crippen molar-refractivity contribution in [2.45, 2.75) is 13.0 Å². The minimum absolute atomic E-state index is 0.0701. The Labute approximate surface area is 148 Å². The number of anilines is 1. The normalized spacial score (nSPS) is 13.6. The Morgan fingerprint density at radius 3 is 3.12 bits per heavy atom. The van der Waals surface area contributed by atoms with Crippen molar-refractivity contribution in [3.63, 3.8) is 0 Å². The van der Waals surface area contributed by atoms with Crippen molar-refractivity contribution in [1.82, 2.24) is 20.1 Å². The fraction of sp³-hybridized carbons (Fsp3) is 0.235. The van der Waals surface area contributed by atoms with Gasteiger partial charge in [0.15, 0.2) is 5.13 Å². The Kier molecular flexibility index (Phi) is 3.89. The fourth-order valence-electron chi connectivity index (χ4n) is 2.92. The molecule has 0 radical (unpaired) electrons. The van der Waals surface area contributed by atoms with Gasteiger partial charge in [-0.3, -0.25) is 9.89 Å². The van der Waals surface area contributed by atoms with Gasteiger partial charge in [0.25, 0.3) is 5.91 Å². The first-order chi connectivity index (χ1) is 12.1. The number of hydrogen-bond donors (Lipinski definition) is 2. The van der Waals surface area contributed by atoms with Gasteiger partial charge < -0.3 is 15.4 Å². The standard InChI is InChI=1S/C17H17N5O2S/c1-24-11-4-2-3-10(7-11)13-8-14(21-20-13)16(23)22-6-5-12-15(9-22)25-17(18)19-12/h2-4,7-8H,5-6,9H2,1H3,(H2,18,19)(H,20,21). The smallest absolute Gasteiger partial charge is 0.272 e. The van der Waals surface area contributed by atoms with Crippen LogP contribution in [0.1, 0.15) is 21.1 Å². The van der Waals surface area contributed by atoms with Gasteiger partial charge in [-0.2, -0.15) is 5.10 Å². The van der Waals surface area contributed by atoms with Crippen LogP contribution in [0.3, 0.4) is 0 Å². The van der Waals surface area contributed by atoms with E-state index in [0.29, 0.717) is 29.6 Å². The zero-order chi connectivity index (χ0) is 17.4. The highest BCUT2D eigenvalue weighted by Gasteiger charge is 2.25. The molecule has 3 N–H and O–H groups in total. The van der Waals surface area contributed by atoms with Gasteiger partial charge in [-0.15, -0.1) is 11.3 Å². The number of nitrogen functional groups attached to an aromatic ring is 1. The zero-order valence-electron chi connectivity index (χ0n) is 13.7. The predicted molar refractivity (Wildman–Crippen MR) is 95.5 cm³/mol. The number of hydrogen-bond acceptors (Lipinski definition) is 6. The average molecular weight is 355 g/mol. The third-order valence-corrected chi connectivity index (χ3v) is 5.12. The topological polar surface area (TPSA) is 97.1 Å². The monoisotopic (exact) mass is 355 g/mol. The van der Waals surface area contributed by atoms with E-state index in [1.54, 1.807) is 18.1 Å². The largest absolute Gasteiger partial charge is 0.497 e. The van der Waals surface area contributed by atoms with Crippen molar-refractivity contribution in [3.05, 3.63) is 46.6 Å². The van der Waals surface area contributed by atoms with E-state index in [1.807, 2.05) is 24.3 Å². The van der Waals surface area contributed by atoms with Gasteiger partial charge in [0.1, 0.15) is 11.4 Å². The third kappa shape index (κ3) is 2.96. The number of nitrogens with zero attached hydrogens (tertiary/aromatic N) is 3. The van der Waals surface area contributed by atoms with Crippen LogP contribution in [0.2, 0.25) is 0 Å². The molecule has 0 saturated heterocycles. The molecule has 0 bridgehead atoms. The summed E-state index contributed by atoms with van der Waals surface area (Å²) in [5.74, 6) is 0.680. The molecule has 0 spiro atoms. The van der Waals surface area contributed by atoms with E-state index in [0.717, 1.165) is 28.3 Å². The van der Waals surface area contributed by atoms with Crippen molar-refractivity contribution in [2.24, 2.45) is 0 Å². The summed E-state index contributed by atoms with van der Waals surface area (Å²) in [7, 11) is 1.62. The molecular weight excluding hydrogens is 338 g/mol. The van der Waals surface area contributed by atoms with E-state index in [4.69, 9.17) is 10.5 Å². The summed E-state index contributed by atoms with van der Waals surface area (Å²) in [5.41, 5.74) is 8.84. The molecule has 3 aromatic rings. The molecule has 7 nitrogen and oxygen atoms in total. The average Bonchev–Trinajstić information content (AvgIpc) is 3.26. The molecule has 25 heavy (non-hydrogen) atoms. The number of nitrogens with one attached hydrogen (secondary N) is 1. The fourth-order valence-corrected chi connectivity index (χ4v) is 3.81. The molecule has 0 fully saturated rings. The summed E-state index contributed by atoms with van der Waals surface area (Å²) >= 11 is 1.45. The maximum Gasteiger partial charge on any atom is 0.272 e. The van der Waals surface area contributed by atoms with Gasteiger partial charge in [0.05, 0.1) is 25.0 Å². The SMILES string of the molecule is COc1cccc(-c2cc(C(=O)N3CCc4nc(N)sc4C3)[nH]n2)c1. The molecule has 4 rings (SSSR count). The molecule has 3 heterocycles. The summed E-state index contributed by atoms with van der Waals surface area (Å²) in [6.07, 6.45) is 0.728. The van der Waals surface area contributed by atoms with E-state index in [2.05, 4.69) is 15.2 Å². The third-order valence-electron chi connectivity index (χ3n) is 4.21. The van der Waals surface area contributed by atoms with E-state index in [9.17, 15) is 4.79 Å². The molecule has 0 aliphatic carbocycles. The number of carbonyl (C=O) groups excluding carboxylic acids is 1. The lowest BCUT2D eigenvalue weighted by Gasteiger charge is -2.25. The second-order valence-electron chi connectivity index (χ2n) is 5.80. The maximum atomic E-state index is 12.8. The summed E-state index contributed by atoms with van der Waals surface area (Å²) in [4.78, 5) is 19.9. The van der Waals surface area contributed by atoms with Gasteiger partial charge in [0.2, 0.25) is 0 Å². The number of H-pyrrole nitrogens is 1. The first-order valence-electron chi connectivity index (χ1n) is 7.87. The van der Waals surface area contributed by atoms with Crippen molar-refractivity contribution in [2.75, 3.05) is 19.4 Å². The summed E-state index contributed by atoms with van der Waals surface area (Å²) in [5, 5.41) is 7.67. The highest BCUT2D eigenvalue weighted by molar-refractivity contribution is 7.15. The molecule has 1 amide bonds. The van der Waals surface area contributed by atoms with E-state index in [1.165, 1.54) is 11.3 Å². The summed E-state index contributed by atoms with van der Waals surface area (Å²) in [6.45, 7) is 1.17. The van der Waals surface area contributed by atoms with Crippen LogP contribution in [0, 0.1) is 0 Å². The van der Waals surface area contributed by atoms with Gasteiger partial charge >= 0.3 is 0 Å². The van der Waals surface area contributed by atoms with Crippen molar-refractivity contribution in [3.8, 4) is 17.0 Å². The number of thiazole rings is 1. The quantitative estimate of drug-likeness (QED) is 0.751. The first-order valence-corrected chi connectivity index (χ1v) is 8.69. The van der Waals surface area contributed by atoms with Crippen LogP contribution in [-0.2, 0) is 13.0 Å². The number of rotatable bonds is 3. The number of ether oxygens (including phenoxy) is 1. The number of methoxy groups -OCH3 is 1. The van der Waals surface area contributed by atoms with E-state index in [-0.39, 0.29) is 5.91 Å². The number of aromatic nitrogens is 3. The summed E-state index contributed by atoms with van der Waals surface area (Å²) in [6, 6.07) is 9.35. The van der Waals surface area contributed by atoms with Crippen LogP contribution in [0.5, 0.6) is 5.75 Å². The molecule has 0 atom stereocenters. The predicted octanol–water partition coefficient (Wildman–Crippen LogP) is 2.32. The number of benzene rings is 1. The van der Waals surface area contributed by atoms with Crippen molar-refractivity contribution >= 4 is 22.4 Å². The van der Waals surface area contributed by atoms with Crippen LogP contribution < -0.4 is 10.5 Å². The highest BCUT2D eigenvalue weighted by atomic mass is 32.1. The molecule has 2 aromatic heterocycles. The minimum atomic E-state index is -0.0701. The molecule has 8 heteroatoms. The molecule has 1 aliphatic heterocycles. The Morgan fingerprint density at radius 1 is 1.40 bits per heavy atom. The number of amides is 1. The first kappa shape index (κ1) is 15.6. The Balaban J connectivity index is 1.55. The lowest BCUT2D eigenvalue weighted by Crippen LogP contribution is -2.35. The summed E-state index contributed by atoms with van der Waals surface area (Å²) < 4.78 is 5.23. The Bertz CT molecular complexity index is 933. The van der Waals surface area contributed by atoms with Crippen molar-refractivity contribution < 1.29 is 9.53 Å². The lowest BCUT2D eigenvalue weighted by molar-refractivity contribution is 0.0730. The van der Waals surface area contributed by atoms with Crippen LogP contribution >= 0.6 is 11.3 Å². The van der Waals surface area contributed by atoms with E-state index < -0.39 is 0 Å². The van der Waals surface area contributed by atoms with Gasteiger partial charge in [0, 0.05) is 23.4 Å². The van der Waals surface area contributed by atoms with Gasteiger partial charge in [-0.05, 0) is 18.2 Å². The molecule has 1 aliphatic rings.